The molecule has 0 saturated heterocycles. The summed E-state index contributed by atoms with van der Waals surface area (Å²) in [6.45, 7) is 0. The van der Waals surface area contributed by atoms with Crippen LogP contribution in [0.3, 0.4) is 0 Å². The van der Waals surface area contributed by atoms with Gasteiger partial charge in [0.15, 0.2) is 0 Å². The molecule has 2 aromatic carbocycles. The molecule has 21 heavy (non-hydrogen) atoms. The van der Waals surface area contributed by atoms with Crippen molar-refractivity contribution in [3.05, 3.63) is 76.1 Å². The molecule has 0 fully saturated rings. The van der Waals surface area contributed by atoms with E-state index in [-0.39, 0.29) is 5.82 Å². The topological polar surface area (TPSA) is 33.1 Å². The summed E-state index contributed by atoms with van der Waals surface area (Å²) in [5, 5.41) is 11.5. The summed E-state index contributed by atoms with van der Waals surface area (Å²) < 4.78 is 13.9. The first-order valence-electron chi connectivity index (χ1n) is 6.61. The third kappa shape index (κ3) is 2.82. The van der Waals surface area contributed by atoms with E-state index in [4.69, 9.17) is 0 Å². The molecule has 0 aliphatic carbocycles. The van der Waals surface area contributed by atoms with E-state index >= 15 is 0 Å². The molecule has 0 radical (unpaired) electrons. The lowest BCUT2D eigenvalue weighted by Crippen LogP contribution is -2.04. The molecule has 106 valence electrons. The normalized spacial score (nSPS) is 12.5. The molecule has 4 heteroatoms. The largest absolute Gasteiger partial charge is 0.388 e. The lowest BCUT2D eigenvalue weighted by molar-refractivity contribution is 0.179. The van der Waals surface area contributed by atoms with Gasteiger partial charge in [0, 0.05) is 23.6 Å². The number of hydrogen-bond acceptors (Lipinski definition) is 2. The molecule has 0 bridgehead atoms. The zero-order valence-corrected chi connectivity index (χ0v) is 12.7. The minimum absolute atomic E-state index is 0.323. The molecule has 1 unspecified atom stereocenters. The summed E-state index contributed by atoms with van der Waals surface area (Å²) in [5.74, 6) is -0.323. The van der Waals surface area contributed by atoms with E-state index in [1.165, 1.54) is 6.07 Å². The summed E-state index contributed by atoms with van der Waals surface area (Å²) in [6.07, 6.45) is 1.30. The van der Waals surface area contributed by atoms with Crippen molar-refractivity contribution in [1.29, 1.82) is 0 Å². The Bertz CT molecular complexity index is 785. The SMILES string of the molecule is OC(Cc1cccc(F)c1Br)c1cccc2cccnc12. The Morgan fingerprint density at radius 2 is 1.86 bits per heavy atom. The molecule has 0 aliphatic heterocycles. The van der Waals surface area contributed by atoms with Crippen LogP contribution in [0.15, 0.2) is 59.2 Å². The quantitative estimate of drug-likeness (QED) is 0.762. The number of halogens is 2. The first kappa shape index (κ1) is 14.2. The van der Waals surface area contributed by atoms with Crippen LogP contribution >= 0.6 is 15.9 Å². The molecule has 1 heterocycles. The fraction of sp³-hybridized carbons (Fsp3) is 0.118. The van der Waals surface area contributed by atoms with Crippen molar-refractivity contribution in [3.63, 3.8) is 0 Å². The average Bonchev–Trinajstić information content (AvgIpc) is 2.51. The zero-order valence-electron chi connectivity index (χ0n) is 11.1. The molecule has 3 aromatic rings. The standard InChI is InChI=1S/C17H13BrFNO/c18-16-12(5-2-8-14(16)19)10-15(21)13-7-1-4-11-6-3-9-20-17(11)13/h1-9,15,21H,10H2. The molecule has 1 atom stereocenters. The van der Waals surface area contributed by atoms with E-state index in [0.29, 0.717) is 10.9 Å². The van der Waals surface area contributed by atoms with Gasteiger partial charge in [-0.15, -0.1) is 0 Å². The van der Waals surface area contributed by atoms with Gasteiger partial charge in [-0.25, -0.2) is 4.39 Å². The predicted molar refractivity (Wildman–Crippen MR) is 84.5 cm³/mol. The van der Waals surface area contributed by atoms with E-state index in [9.17, 15) is 9.50 Å². The Morgan fingerprint density at radius 3 is 2.71 bits per heavy atom. The fourth-order valence-corrected chi connectivity index (χ4v) is 2.85. The van der Waals surface area contributed by atoms with Crippen molar-refractivity contribution < 1.29 is 9.50 Å². The Morgan fingerprint density at radius 1 is 1.10 bits per heavy atom. The highest BCUT2D eigenvalue weighted by molar-refractivity contribution is 9.10. The van der Waals surface area contributed by atoms with Gasteiger partial charge in [-0.1, -0.05) is 36.4 Å². The van der Waals surface area contributed by atoms with Crippen LogP contribution < -0.4 is 0 Å². The zero-order chi connectivity index (χ0) is 14.8. The van der Waals surface area contributed by atoms with Gasteiger partial charge in [0.1, 0.15) is 5.82 Å². The van der Waals surface area contributed by atoms with E-state index in [2.05, 4.69) is 20.9 Å². The van der Waals surface area contributed by atoms with E-state index in [1.54, 1.807) is 18.3 Å². The first-order valence-corrected chi connectivity index (χ1v) is 7.40. The van der Waals surface area contributed by atoms with E-state index in [0.717, 1.165) is 22.0 Å². The van der Waals surface area contributed by atoms with Crippen LogP contribution in [0.5, 0.6) is 0 Å². The third-order valence-electron chi connectivity index (χ3n) is 3.47. The lowest BCUT2D eigenvalue weighted by Gasteiger charge is -2.14. The summed E-state index contributed by atoms with van der Waals surface area (Å²) >= 11 is 3.23. The summed E-state index contributed by atoms with van der Waals surface area (Å²) in [7, 11) is 0. The van der Waals surface area contributed by atoms with Crippen LogP contribution in [0.2, 0.25) is 0 Å². The highest BCUT2D eigenvalue weighted by Gasteiger charge is 2.15. The summed E-state index contributed by atoms with van der Waals surface area (Å²) in [6, 6.07) is 14.4. The van der Waals surface area contributed by atoms with Crippen LogP contribution in [0.25, 0.3) is 10.9 Å². The molecule has 1 N–H and O–H groups in total. The molecule has 2 nitrogen and oxygen atoms in total. The van der Waals surface area contributed by atoms with Gasteiger partial charge < -0.3 is 5.11 Å². The van der Waals surface area contributed by atoms with Crippen molar-refractivity contribution in [2.24, 2.45) is 0 Å². The Hall–Kier alpha value is -1.78. The number of para-hydroxylation sites is 1. The van der Waals surface area contributed by atoms with E-state index in [1.807, 2.05) is 30.3 Å². The molecular weight excluding hydrogens is 333 g/mol. The number of rotatable bonds is 3. The second-order valence-corrected chi connectivity index (χ2v) is 5.65. The van der Waals surface area contributed by atoms with Gasteiger partial charge in [-0.2, -0.15) is 0 Å². The molecule has 3 rings (SSSR count). The smallest absolute Gasteiger partial charge is 0.137 e. The first-order chi connectivity index (χ1) is 10.2. The summed E-state index contributed by atoms with van der Waals surface area (Å²) in [4.78, 5) is 4.34. The van der Waals surface area contributed by atoms with Gasteiger partial charge >= 0.3 is 0 Å². The number of fused-ring (bicyclic) bond motifs is 1. The fourth-order valence-electron chi connectivity index (χ4n) is 2.42. The van der Waals surface area contributed by atoms with Crippen molar-refractivity contribution in [3.8, 4) is 0 Å². The van der Waals surface area contributed by atoms with Crippen LogP contribution in [0.4, 0.5) is 4.39 Å². The number of pyridine rings is 1. The highest BCUT2D eigenvalue weighted by atomic mass is 79.9. The molecule has 0 aliphatic rings. The Labute approximate surface area is 130 Å². The van der Waals surface area contributed by atoms with Gasteiger partial charge in [0.2, 0.25) is 0 Å². The monoisotopic (exact) mass is 345 g/mol. The van der Waals surface area contributed by atoms with Crippen molar-refractivity contribution in [2.45, 2.75) is 12.5 Å². The molecule has 0 spiro atoms. The molecule has 0 amide bonds. The lowest BCUT2D eigenvalue weighted by atomic mass is 9.99. The maximum absolute atomic E-state index is 13.5. The average molecular weight is 346 g/mol. The van der Waals surface area contributed by atoms with Gasteiger partial charge in [-0.3, -0.25) is 4.98 Å². The van der Waals surface area contributed by atoms with Gasteiger partial charge in [0.05, 0.1) is 16.1 Å². The van der Waals surface area contributed by atoms with Crippen molar-refractivity contribution >= 4 is 26.8 Å². The minimum Gasteiger partial charge on any atom is -0.388 e. The molecular formula is C17H13BrFNO. The number of hydrogen-bond donors (Lipinski definition) is 1. The van der Waals surface area contributed by atoms with Crippen LogP contribution in [-0.4, -0.2) is 10.1 Å². The maximum atomic E-state index is 13.5. The van der Waals surface area contributed by atoms with Crippen LogP contribution in [0.1, 0.15) is 17.2 Å². The number of benzene rings is 2. The Balaban J connectivity index is 1.97. The number of nitrogens with zero attached hydrogens (tertiary/aromatic N) is 1. The number of aliphatic hydroxyl groups excluding tert-OH is 1. The van der Waals surface area contributed by atoms with Gasteiger partial charge in [0.25, 0.3) is 0 Å². The second kappa shape index (κ2) is 5.92. The third-order valence-corrected chi connectivity index (χ3v) is 4.36. The van der Waals surface area contributed by atoms with Crippen molar-refractivity contribution in [2.75, 3.05) is 0 Å². The second-order valence-electron chi connectivity index (χ2n) is 4.86. The van der Waals surface area contributed by atoms with Crippen LogP contribution in [-0.2, 0) is 6.42 Å². The molecule has 0 saturated carbocycles. The predicted octanol–water partition coefficient (Wildman–Crippen LogP) is 4.41. The van der Waals surface area contributed by atoms with Crippen LogP contribution in [0, 0.1) is 5.82 Å². The highest BCUT2D eigenvalue weighted by Crippen LogP contribution is 2.28. The van der Waals surface area contributed by atoms with E-state index < -0.39 is 6.10 Å². The van der Waals surface area contributed by atoms with Gasteiger partial charge in [-0.05, 0) is 33.6 Å². The number of aromatic nitrogens is 1. The van der Waals surface area contributed by atoms with Crippen molar-refractivity contribution in [1.82, 2.24) is 4.98 Å². The molecule has 1 aromatic heterocycles. The minimum atomic E-state index is -0.735. The maximum Gasteiger partial charge on any atom is 0.137 e. The number of aliphatic hydroxyl groups is 1. The summed E-state index contributed by atoms with van der Waals surface area (Å²) in [5.41, 5.74) is 2.26. The Kier molecular flexibility index (Phi) is 3.99.